The summed E-state index contributed by atoms with van der Waals surface area (Å²) >= 11 is 0. The average molecular weight is 450 g/mol. The molecular formula is C24H20F2N4O3. The maximum Gasteiger partial charge on any atom is 0.343 e. The highest BCUT2D eigenvalue weighted by Gasteiger charge is 2.24. The minimum atomic E-state index is -0.951. The van der Waals surface area contributed by atoms with Gasteiger partial charge in [0.2, 0.25) is 0 Å². The van der Waals surface area contributed by atoms with Gasteiger partial charge < -0.3 is 10.1 Å². The van der Waals surface area contributed by atoms with E-state index < -0.39 is 29.1 Å². The van der Waals surface area contributed by atoms with Crippen molar-refractivity contribution in [3.63, 3.8) is 0 Å². The number of ether oxygens (including phenoxy) is 1. The number of hydrogen-bond donors (Lipinski definition) is 1. The summed E-state index contributed by atoms with van der Waals surface area (Å²) in [6.07, 6.45) is 1.23. The van der Waals surface area contributed by atoms with E-state index in [9.17, 15) is 18.4 Å². The number of hydrogen-bond acceptors (Lipinski definition) is 5. The summed E-state index contributed by atoms with van der Waals surface area (Å²) in [4.78, 5) is 30.0. The van der Waals surface area contributed by atoms with Gasteiger partial charge >= 0.3 is 5.97 Å². The molecule has 0 spiro atoms. The van der Waals surface area contributed by atoms with Crippen molar-refractivity contribution in [2.45, 2.75) is 20.8 Å². The number of aromatic nitrogens is 3. The first-order valence-corrected chi connectivity index (χ1v) is 10.2. The van der Waals surface area contributed by atoms with Crippen LogP contribution >= 0.6 is 0 Å². The number of nitrogens with zero attached hydrogens (tertiary/aromatic N) is 3. The first-order valence-electron chi connectivity index (χ1n) is 10.2. The van der Waals surface area contributed by atoms with E-state index in [0.29, 0.717) is 5.82 Å². The van der Waals surface area contributed by atoms with Gasteiger partial charge in [0.05, 0.1) is 23.9 Å². The standard InChI is InChI=1S/C24H20F2N4O3/c1-4-33-24(32)18-12-27-30(20-10-14(3)16-7-5-6-13(2)21(16)28-20)22(18)29-23(31)17-11-15(25)8-9-19(17)26/h5-12H,4H2,1-3H3,(H,29,31). The fourth-order valence-corrected chi connectivity index (χ4v) is 3.50. The lowest BCUT2D eigenvalue weighted by Crippen LogP contribution is -2.19. The average Bonchev–Trinajstić information content (AvgIpc) is 3.19. The summed E-state index contributed by atoms with van der Waals surface area (Å²) in [5.74, 6) is -3.10. The highest BCUT2D eigenvalue weighted by Crippen LogP contribution is 2.26. The van der Waals surface area contributed by atoms with Gasteiger partial charge in [0, 0.05) is 5.39 Å². The highest BCUT2D eigenvalue weighted by atomic mass is 19.1. The minimum absolute atomic E-state index is 0.0497. The van der Waals surface area contributed by atoms with E-state index in [2.05, 4.69) is 15.4 Å². The van der Waals surface area contributed by atoms with Crippen molar-refractivity contribution in [2.75, 3.05) is 11.9 Å². The minimum Gasteiger partial charge on any atom is -0.462 e. The Balaban J connectivity index is 1.86. The molecule has 9 heteroatoms. The Morgan fingerprint density at radius 1 is 1.06 bits per heavy atom. The largest absolute Gasteiger partial charge is 0.462 e. The van der Waals surface area contributed by atoms with Crippen molar-refractivity contribution >= 4 is 28.6 Å². The number of anilines is 1. The summed E-state index contributed by atoms with van der Waals surface area (Å²) in [7, 11) is 0. The highest BCUT2D eigenvalue weighted by molar-refractivity contribution is 6.07. The summed E-state index contributed by atoms with van der Waals surface area (Å²) in [5, 5.41) is 7.65. The van der Waals surface area contributed by atoms with Crippen LogP contribution in [0.1, 0.15) is 38.8 Å². The van der Waals surface area contributed by atoms with Crippen LogP contribution in [0.25, 0.3) is 16.7 Å². The van der Waals surface area contributed by atoms with E-state index in [0.717, 1.165) is 40.2 Å². The zero-order valence-electron chi connectivity index (χ0n) is 18.1. The van der Waals surface area contributed by atoms with Gasteiger partial charge in [-0.15, -0.1) is 0 Å². The number of aryl methyl sites for hydroxylation is 2. The molecule has 0 saturated heterocycles. The molecule has 0 unspecified atom stereocenters. The number of carbonyl (C=O) groups is 2. The van der Waals surface area contributed by atoms with Gasteiger partial charge in [0.15, 0.2) is 11.6 Å². The second-order valence-corrected chi connectivity index (χ2v) is 7.39. The molecule has 168 valence electrons. The molecule has 0 aliphatic carbocycles. The van der Waals surface area contributed by atoms with E-state index in [1.54, 1.807) is 13.0 Å². The van der Waals surface area contributed by atoms with Crippen molar-refractivity contribution in [1.82, 2.24) is 14.8 Å². The Morgan fingerprint density at radius 2 is 1.85 bits per heavy atom. The van der Waals surface area contributed by atoms with Crippen LogP contribution in [-0.2, 0) is 4.74 Å². The van der Waals surface area contributed by atoms with Crippen LogP contribution in [0.4, 0.5) is 14.6 Å². The van der Waals surface area contributed by atoms with Gasteiger partial charge in [-0.05, 0) is 56.2 Å². The normalized spacial score (nSPS) is 10.9. The molecule has 2 heterocycles. The van der Waals surface area contributed by atoms with Crippen LogP contribution < -0.4 is 5.32 Å². The molecule has 1 N–H and O–H groups in total. The van der Waals surface area contributed by atoms with Crippen LogP contribution in [0.5, 0.6) is 0 Å². The molecule has 0 atom stereocenters. The van der Waals surface area contributed by atoms with Crippen molar-refractivity contribution in [3.05, 3.63) is 82.5 Å². The lowest BCUT2D eigenvalue weighted by molar-refractivity contribution is 0.0527. The molecule has 0 aliphatic heterocycles. The van der Waals surface area contributed by atoms with E-state index in [4.69, 9.17) is 4.74 Å². The topological polar surface area (TPSA) is 86.1 Å². The number of rotatable bonds is 5. The Morgan fingerprint density at radius 3 is 2.61 bits per heavy atom. The second kappa shape index (κ2) is 8.78. The Bertz CT molecular complexity index is 1400. The summed E-state index contributed by atoms with van der Waals surface area (Å²) in [6, 6.07) is 10.1. The van der Waals surface area contributed by atoms with Gasteiger partial charge in [-0.1, -0.05) is 18.2 Å². The van der Waals surface area contributed by atoms with Gasteiger partial charge in [-0.3, -0.25) is 4.79 Å². The molecule has 0 bridgehead atoms. The van der Waals surface area contributed by atoms with Crippen molar-refractivity contribution in [1.29, 1.82) is 0 Å². The summed E-state index contributed by atoms with van der Waals surface area (Å²) in [6.45, 7) is 5.56. The van der Waals surface area contributed by atoms with Crippen LogP contribution in [0.3, 0.4) is 0 Å². The van der Waals surface area contributed by atoms with Crippen LogP contribution in [0.15, 0.2) is 48.7 Å². The number of pyridine rings is 1. The number of halogens is 2. The third kappa shape index (κ3) is 4.17. The molecule has 2 aromatic heterocycles. The number of fused-ring (bicyclic) bond motifs is 1. The maximum atomic E-state index is 14.2. The maximum absolute atomic E-state index is 14.2. The summed E-state index contributed by atoms with van der Waals surface area (Å²) < 4.78 is 34.1. The summed E-state index contributed by atoms with van der Waals surface area (Å²) in [5.41, 5.74) is 2.00. The number of para-hydroxylation sites is 1. The zero-order chi connectivity index (χ0) is 23.7. The number of amides is 1. The molecular weight excluding hydrogens is 430 g/mol. The number of benzene rings is 2. The molecule has 2 aromatic carbocycles. The monoisotopic (exact) mass is 450 g/mol. The second-order valence-electron chi connectivity index (χ2n) is 7.39. The SMILES string of the molecule is CCOC(=O)c1cnn(-c2cc(C)c3cccc(C)c3n2)c1NC(=O)c1cc(F)ccc1F. The molecule has 1 amide bonds. The van der Waals surface area contributed by atoms with E-state index >= 15 is 0 Å². The van der Waals surface area contributed by atoms with E-state index in [-0.39, 0.29) is 18.0 Å². The predicted molar refractivity (Wildman–Crippen MR) is 119 cm³/mol. The van der Waals surface area contributed by atoms with Gasteiger partial charge in [0.1, 0.15) is 17.2 Å². The van der Waals surface area contributed by atoms with E-state index in [1.807, 2.05) is 32.0 Å². The molecule has 33 heavy (non-hydrogen) atoms. The Labute approximate surface area is 188 Å². The predicted octanol–water partition coefficient (Wildman–Crippen LogP) is 4.74. The van der Waals surface area contributed by atoms with Gasteiger partial charge in [-0.25, -0.2) is 18.6 Å². The van der Waals surface area contributed by atoms with Gasteiger partial charge in [-0.2, -0.15) is 9.78 Å². The third-order valence-corrected chi connectivity index (χ3v) is 5.12. The third-order valence-electron chi connectivity index (χ3n) is 5.12. The lowest BCUT2D eigenvalue weighted by atomic mass is 10.1. The van der Waals surface area contributed by atoms with Crippen LogP contribution in [0, 0.1) is 25.5 Å². The quantitative estimate of drug-likeness (QED) is 0.444. The fourth-order valence-electron chi connectivity index (χ4n) is 3.50. The molecule has 4 rings (SSSR count). The molecule has 0 radical (unpaired) electrons. The van der Waals surface area contributed by atoms with Crippen molar-refractivity contribution < 1.29 is 23.1 Å². The first-order chi connectivity index (χ1) is 15.8. The first kappa shape index (κ1) is 22.1. The molecule has 0 saturated carbocycles. The number of esters is 1. The molecule has 0 aliphatic rings. The molecule has 0 fully saturated rings. The lowest BCUT2D eigenvalue weighted by Gasteiger charge is -2.13. The Kier molecular flexibility index (Phi) is 5.87. The van der Waals surface area contributed by atoms with E-state index in [1.165, 1.54) is 10.9 Å². The van der Waals surface area contributed by atoms with Crippen molar-refractivity contribution in [3.8, 4) is 5.82 Å². The van der Waals surface area contributed by atoms with Crippen LogP contribution in [-0.4, -0.2) is 33.2 Å². The molecule has 4 aromatic rings. The fraction of sp³-hybridized carbons (Fsp3) is 0.167. The Hall–Kier alpha value is -4.14. The molecule has 7 nitrogen and oxygen atoms in total. The van der Waals surface area contributed by atoms with Crippen LogP contribution in [0.2, 0.25) is 0 Å². The number of carbonyl (C=O) groups excluding carboxylic acids is 2. The number of nitrogens with one attached hydrogen (secondary N) is 1. The van der Waals surface area contributed by atoms with Gasteiger partial charge in [0.25, 0.3) is 5.91 Å². The zero-order valence-corrected chi connectivity index (χ0v) is 18.1. The van der Waals surface area contributed by atoms with Crippen molar-refractivity contribution in [2.24, 2.45) is 0 Å². The smallest absolute Gasteiger partial charge is 0.343 e.